The summed E-state index contributed by atoms with van der Waals surface area (Å²) in [5.74, 6) is 0. The van der Waals surface area contributed by atoms with Crippen molar-refractivity contribution >= 4 is 0 Å². The lowest BCUT2D eigenvalue weighted by Gasteiger charge is -2.22. The third-order valence-electron chi connectivity index (χ3n) is 2.15. The average Bonchev–Trinajstić information content (AvgIpc) is 2.13. The first-order valence-corrected chi connectivity index (χ1v) is 3.61. The van der Waals surface area contributed by atoms with E-state index >= 15 is 0 Å². The Bertz CT molecular complexity index is 90.9. The van der Waals surface area contributed by atoms with E-state index in [0.717, 1.165) is 6.04 Å². The molecule has 0 saturated carbocycles. The first-order valence-electron chi connectivity index (χ1n) is 3.61. The van der Waals surface area contributed by atoms with E-state index in [4.69, 9.17) is 0 Å². The minimum absolute atomic E-state index is 0.681. The molecule has 54 valence electrons. The third-order valence-corrected chi connectivity index (χ3v) is 2.15. The molecule has 1 fully saturated rings. The van der Waals surface area contributed by atoms with Crippen molar-refractivity contribution in [1.29, 1.82) is 0 Å². The molecule has 9 heavy (non-hydrogen) atoms. The molecule has 0 bridgehead atoms. The van der Waals surface area contributed by atoms with Gasteiger partial charge in [0.05, 0.1) is 0 Å². The molecule has 1 saturated heterocycles. The van der Waals surface area contributed by atoms with Crippen molar-refractivity contribution in [1.82, 2.24) is 10.2 Å². The van der Waals surface area contributed by atoms with Gasteiger partial charge in [0.1, 0.15) is 0 Å². The second kappa shape index (κ2) is 2.67. The van der Waals surface area contributed by atoms with Crippen LogP contribution in [0, 0.1) is 0 Å². The summed E-state index contributed by atoms with van der Waals surface area (Å²) in [7, 11) is 4.29. The van der Waals surface area contributed by atoms with Crippen molar-refractivity contribution in [2.75, 3.05) is 20.6 Å². The zero-order valence-corrected chi connectivity index (χ0v) is 6.52. The van der Waals surface area contributed by atoms with Crippen LogP contribution in [-0.2, 0) is 0 Å². The van der Waals surface area contributed by atoms with E-state index in [0.29, 0.717) is 6.04 Å². The fourth-order valence-electron chi connectivity index (χ4n) is 1.55. The highest BCUT2D eigenvalue weighted by atomic mass is 15.2. The lowest BCUT2D eigenvalue weighted by atomic mass is 10.1. The van der Waals surface area contributed by atoms with Crippen LogP contribution in [0.15, 0.2) is 0 Å². The Labute approximate surface area is 57.2 Å². The molecule has 0 aromatic rings. The zero-order valence-electron chi connectivity index (χ0n) is 6.52. The van der Waals surface area contributed by atoms with E-state index in [1.54, 1.807) is 0 Å². The summed E-state index contributed by atoms with van der Waals surface area (Å²) in [5, 5.41) is 3.41. The van der Waals surface area contributed by atoms with Crippen molar-refractivity contribution < 1.29 is 0 Å². The Hall–Kier alpha value is -0.0800. The van der Waals surface area contributed by atoms with E-state index in [1.807, 2.05) is 0 Å². The SMILES string of the molecule is C[C@@H]1NCC[C@H]1N(C)C. The normalized spacial score (nSPS) is 36.0. The molecule has 1 N–H and O–H groups in total. The number of nitrogens with one attached hydrogen (secondary N) is 1. The molecule has 2 nitrogen and oxygen atoms in total. The Morgan fingerprint density at radius 2 is 2.11 bits per heavy atom. The minimum Gasteiger partial charge on any atom is -0.313 e. The van der Waals surface area contributed by atoms with Crippen molar-refractivity contribution in [3.63, 3.8) is 0 Å². The first-order chi connectivity index (χ1) is 4.22. The number of hydrogen-bond donors (Lipinski definition) is 1. The smallest absolute Gasteiger partial charge is 0.0252 e. The van der Waals surface area contributed by atoms with E-state index < -0.39 is 0 Å². The second-order valence-electron chi connectivity index (χ2n) is 3.06. The predicted octanol–water partition coefficient (Wildman–Crippen LogP) is 0.298. The maximum Gasteiger partial charge on any atom is 0.0252 e. The highest BCUT2D eigenvalue weighted by Crippen LogP contribution is 2.10. The predicted molar refractivity (Wildman–Crippen MR) is 39.6 cm³/mol. The highest BCUT2D eigenvalue weighted by Gasteiger charge is 2.23. The van der Waals surface area contributed by atoms with Crippen LogP contribution in [0.3, 0.4) is 0 Å². The molecule has 0 amide bonds. The quantitative estimate of drug-likeness (QED) is 0.546. The molecule has 2 atom stereocenters. The fraction of sp³-hybridized carbons (Fsp3) is 1.00. The van der Waals surface area contributed by atoms with Crippen LogP contribution < -0.4 is 5.32 Å². The summed E-state index contributed by atoms with van der Waals surface area (Å²) < 4.78 is 0. The number of likely N-dealkylation sites (N-methyl/N-ethyl adjacent to an activating group) is 1. The minimum atomic E-state index is 0.681. The van der Waals surface area contributed by atoms with Gasteiger partial charge < -0.3 is 10.2 Å². The van der Waals surface area contributed by atoms with Gasteiger partial charge in [0.25, 0.3) is 0 Å². The molecule has 0 unspecified atom stereocenters. The Balaban J connectivity index is 2.40. The topological polar surface area (TPSA) is 15.3 Å². The maximum atomic E-state index is 3.41. The summed E-state index contributed by atoms with van der Waals surface area (Å²) in [6.45, 7) is 3.43. The summed E-state index contributed by atoms with van der Waals surface area (Å²) in [5.41, 5.74) is 0. The van der Waals surface area contributed by atoms with Crippen molar-refractivity contribution in [3.05, 3.63) is 0 Å². The molecule has 0 spiro atoms. The summed E-state index contributed by atoms with van der Waals surface area (Å²) in [6, 6.07) is 1.44. The third kappa shape index (κ3) is 1.43. The van der Waals surface area contributed by atoms with E-state index in [2.05, 4.69) is 31.2 Å². The fourth-order valence-corrected chi connectivity index (χ4v) is 1.55. The van der Waals surface area contributed by atoms with Gasteiger partial charge in [0.15, 0.2) is 0 Å². The van der Waals surface area contributed by atoms with Crippen molar-refractivity contribution in [2.45, 2.75) is 25.4 Å². The average molecular weight is 128 g/mol. The van der Waals surface area contributed by atoms with Gasteiger partial charge in [-0.3, -0.25) is 0 Å². The molecule has 1 heterocycles. The van der Waals surface area contributed by atoms with E-state index in [1.165, 1.54) is 13.0 Å². The Kier molecular flexibility index (Phi) is 2.09. The number of hydrogen-bond acceptors (Lipinski definition) is 2. The molecule has 0 radical (unpaired) electrons. The molecule has 0 aliphatic carbocycles. The van der Waals surface area contributed by atoms with E-state index in [9.17, 15) is 0 Å². The Morgan fingerprint density at radius 1 is 1.44 bits per heavy atom. The van der Waals surface area contributed by atoms with Gasteiger partial charge in [0, 0.05) is 12.1 Å². The van der Waals surface area contributed by atoms with Crippen LogP contribution in [0.5, 0.6) is 0 Å². The summed E-state index contributed by atoms with van der Waals surface area (Å²) in [6.07, 6.45) is 1.30. The van der Waals surface area contributed by atoms with Gasteiger partial charge in [-0.05, 0) is 34.0 Å². The summed E-state index contributed by atoms with van der Waals surface area (Å²) in [4.78, 5) is 2.30. The van der Waals surface area contributed by atoms with Gasteiger partial charge >= 0.3 is 0 Å². The van der Waals surface area contributed by atoms with Gasteiger partial charge in [0.2, 0.25) is 0 Å². The van der Waals surface area contributed by atoms with Crippen LogP contribution in [0.4, 0.5) is 0 Å². The lowest BCUT2D eigenvalue weighted by Crippen LogP contribution is -2.37. The van der Waals surface area contributed by atoms with Gasteiger partial charge in [-0.2, -0.15) is 0 Å². The van der Waals surface area contributed by atoms with Crippen LogP contribution in [0.2, 0.25) is 0 Å². The van der Waals surface area contributed by atoms with Crippen LogP contribution >= 0.6 is 0 Å². The molecule has 2 heteroatoms. The van der Waals surface area contributed by atoms with Gasteiger partial charge in [-0.1, -0.05) is 0 Å². The first kappa shape index (κ1) is 7.03. The zero-order chi connectivity index (χ0) is 6.85. The summed E-state index contributed by atoms with van der Waals surface area (Å²) >= 11 is 0. The molecular formula is C7H16N2. The van der Waals surface area contributed by atoms with Crippen LogP contribution in [-0.4, -0.2) is 37.6 Å². The van der Waals surface area contributed by atoms with Crippen molar-refractivity contribution in [2.24, 2.45) is 0 Å². The van der Waals surface area contributed by atoms with Crippen molar-refractivity contribution in [3.8, 4) is 0 Å². The molecule has 1 aliphatic rings. The lowest BCUT2D eigenvalue weighted by molar-refractivity contribution is 0.277. The van der Waals surface area contributed by atoms with Crippen LogP contribution in [0.1, 0.15) is 13.3 Å². The maximum absolute atomic E-state index is 3.41. The van der Waals surface area contributed by atoms with E-state index in [-0.39, 0.29) is 0 Å². The van der Waals surface area contributed by atoms with Crippen LogP contribution in [0.25, 0.3) is 0 Å². The molecule has 1 rings (SSSR count). The second-order valence-corrected chi connectivity index (χ2v) is 3.06. The van der Waals surface area contributed by atoms with Gasteiger partial charge in [-0.25, -0.2) is 0 Å². The molecule has 0 aromatic carbocycles. The van der Waals surface area contributed by atoms with Gasteiger partial charge in [-0.15, -0.1) is 0 Å². The molecular weight excluding hydrogens is 112 g/mol. The highest BCUT2D eigenvalue weighted by molar-refractivity contribution is 4.85. The largest absolute Gasteiger partial charge is 0.313 e. The monoisotopic (exact) mass is 128 g/mol. The number of rotatable bonds is 1. The Morgan fingerprint density at radius 3 is 2.33 bits per heavy atom. The standard InChI is InChI=1S/C7H16N2/c1-6-7(9(2)3)4-5-8-6/h6-8H,4-5H2,1-3H3/t6-,7+/m0/s1. The molecule has 0 aromatic heterocycles. The molecule has 1 aliphatic heterocycles. The number of nitrogens with zero attached hydrogens (tertiary/aromatic N) is 1.